The highest BCUT2D eigenvalue weighted by atomic mass is 16.4. The number of anilines is 1. The van der Waals surface area contributed by atoms with E-state index in [1.807, 2.05) is 0 Å². The Hall–Kier alpha value is -2.63. The van der Waals surface area contributed by atoms with Crippen LogP contribution in [-0.4, -0.2) is 28.9 Å². The molecule has 0 fully saturated rings. The normalized spacial score (nSPS) is 11.9. The molecule has 0 aliphatic rings. The van der Waals surface area contributed by atoms with Crippen LogP contribution in [0.1, 0.15) is 30.6 Å². The summed E-state index contributed by atoms with van der Waals surface area (Å²) in [6.07, 6.45) is 3.63. The van der Waals surface area contributed by atoms with Gasteiger partial charge in [0.15, 0.2) is 0 Å². The van der Waals surface area contributed by atoms with Crippen molar-refractivity contribution in [2.24, 2.45) is 0 Å². The van der Waals surface area contributed by atoms with Gasteiger partial charge >= 0.3 is 5.97 Å². The van der Waals surface area contributed by atoms with Gasteiger partial charge in [0, 0.05) is 18.2 Å². The van der Waals surface area contributed by atoms with E-state index in [0.717, 1.165) is 0 Å². The Morgan fingerprint density at radius 1 is 1.24 bits per heavy atom. The second-order valence-corrected chi connectivity index (χ2v) is 4.43. The van der Waals surface area contributed by atoms with Crippen LogP contribution in [0.2, 0.25) is 0 Å². The van der Waals surface area contributed by atoms with E-state index in [1.165, 1.54) is 19.1 Å². The van der Waals surface area contributed by atoms with Gasteiger partial charge in [-0.1, -0.05) is 12.2 Å². The number of hydrogen-bond acceptors (Lipinski definition) is 3. The SMILES string of the molecule is C/C=C/CC(NC(=O)c1ccc(NC(C)=O)cc1)C(=O)O. The molecule has 0 bridgehead atoms. The molecule has 0 saturated carbocycles. The van der Waals surface area contributed by atoms with Crippen LogP contribution in [0.4, 0.5) is 5.69 Å². The summed E-state index contributed by atoms with van der Waals surface area (Å²) < 4.78 is 0. The van der Waals surface area contributed by atoms with Crippen LogP contribution in [0.3, 0.4) is 0 Å². The molecule has 0 spiro atoms. The lowest BCUT2D eigenvalue weighted by molar-refractivity contribution is -0.139. The van der Waals surface area contributed by atoms with Crippen molar-refractivity contribution in [1.29, 1.82) is 0 Å². The molecule has 1 atom stereocenters. The molecule has 3 N–H and O–H groups in total. The van der Waals surface area contributed by atoms with Gasteiger partial charge in [-0.15, -0.1) is 0 Å². The third-order valence-electron chi connectivity index (χ3n) is 2.68. The number of allylic oxidation sites excluding steroid dienone is 1. The minimum Gasteiger partial charge on any atom is -0.480 e. The first-order valence-electron chi connectivity index (χ1n) is 6.46. The molecule has 1 aromatic carbocycles. The molecule has 0 aliphatic heterocycles. The number of carboxylic acid groups (broad SMARTS) is 1. The summed E-state index contributed by atoms with van der Waals surface area (Å²) in [6, 6.07) is 5.24. The lowest BCUT2D eigenvalue weighted by Gasteiger charge is -2.13. The van der Waals surface area contributed by atoms with Crippen LogP contribution in [0.5, 0.6) is 0 Å². The molecule has 2 amide bonds. The first-order valence-corrected chi connectivity index (χ1v) is 6.46. The van der Waals surface area contributed by atoms with Crippen molar-refractivity contribution in [2.45, 2.75) is 26.3 Å². The average Bonchev–Trinajstić information content (AvgIpc) is 2.43. The number of aliphatic carboxylic acids is 1. The Labute approximate surface area is 122 Å². The zero-order chi connectivity index (χ0) is 15.8. The number of benzene rings is 1. The molecule has 6 heteroatoms. The summed E-state index contributed by atoms with van der Waals surface area (Å²) in [7, 11) is 0. The Bertz CT molecular complexity index is 549. The topological polar surface area (TPSA) is 95.5 Å². The van der Waals surface area contributed by atoms with Crippen molar-refractivity contribution < 1.29 is 19.5 Å². The van der Waals surface area contributed by atoms with E-state index in [4.69, 9.17) is 5.11 Å². The third kappa shape index (κ3) is 5.48. The third-order valence-corrected chi connectivity index (χ3v) is 2.68. The fourth-order valence-electron chi connectivity index (χ4n) is 1.64. The zero-order valence-electron chi connectivity index (χ0n) is 11.9. The largest absolute Gasteiger partial charge is 0.480 e. The maximum absolute atomic E-state index is 12.0. The van der Waals surface area contributed by atoms with Gasteiger partial charge in [-0.2, -0.15) is 0 Å². The Balaban J connectivity index is 2.73. The summed E-state index contributed by atoms with van der Waals surface area (Å²) >= 11 is 0. The maximum atomic E-state index is 12.0. The van der Waals surface area contributed by atoms with E-state index in [2.05, 4.69) is 10.6 Å². The molecule has 1 unspecified atom stereocenters. The lowest BCUT2D eigenvalue weighted by atomic mass is 10.1. The molecule has 1 aromatic rings. The molecule has 0 saturated heterocycles. The summed E-state index contributed by atoms with van der Waals surface area (Å²) in [5.74, 6) is -1.76. The number of amides is 2. The highest BCUT2D eigenvalue weighted by molar-refractivity contribution is 5.97. The van der Waals surface area contributed by atoms with Crippen molar-refractivity contribution in [3.05, 3.63) is 42.0 Å². The highest BCUT2D eigenvalue weighted by Crippen LogP contribution is 2.10. The fraction of sp³-hybridized carbons (Fsp3) is 0.267. The van der Waals surface area contributed by atoms with Crippen LogP contribution >= 0.6 is 0 Å². The fourth-order valence-corrected chi connectivity index (χ4v) is 1.64. The molecule has 0 radical (unpaired) electrons. The monoisotopic (exact) mass is 290 g/mol. The van der Waals surface area contributed by atoms with Crippen molar-refractivity contribution in [2.75, 3.05) is 5.32 Å². The molecule has 1 rings (SSSR count). The molecule has 112 valence electrons. The van der Waals surface area contributed by atoms with Gasteiger partial charge < -0.3 is 15.7 Å². The smallest absolute Gasteiger partial charge is 0.326 e. The summed E-state index contributed by atoms with van der Waals surface area (Å²) in [5.41, 5.74) is 0.901. The minimum atomic E-state index is -1.09. The van der Waals surface area contributed by atoms with Crippen molar-refractivity contribution >= 4 is 23.5 Å². The van der Waals surface area contributed by atoms with E-state index >= 15 is 0 Å². The molecule has 6 nitrogen and oxygen atoms in total. The van der Waals surface area contributed by atoms with Gasteiger partial charge in [0.05, 0.1) is 0 Å². The molecule has 0 aromatic heterocycles. The number of carboxylic acids is 1. The van der Waals surface area contributed by atoms with Crippen LogP contribution in [-0.2, 0) is 9.59 Å². The zero-order valence-corrected chi connectivity index (χ0v) is 11.9. The van der Waals surface area contributed by atoms with E-state index < -0.39 is 17.9 Å². The summed E-state index contributed by atoms with van der Waals surface area (Å²) in [5, 5.41) is 14.1. The average molecular weight is 290 g/mol. The molecular weight excluding hydrogens is 272 g/mol. The number of carbonyl (C=O) groups excluding carboxylic acids is 2. The van der Waals surface area contributed by atoms with E-state index in [-0.39, 0.29) is 12.3 Å². The maximum Gasteiger partial charge on any atom is 0.326 e. The lowest BCUT2D eigenvalue weighted by Crippen LogP contribution is -2.40. The van der Waals surface area contributed by atoms with Gasteiger partial charge in [0.1, 0.15) is 6.04 Å². The predicted molar refractivity (Wildman–Crippen MR) is 79.1 cm³/mol. The van der Waals surface area contributed by atoms with Crippen LogP contribution in [0, 0.1) is 0 Å². The van der Waals surface area contributed by atoms with Crippen LogP contribution < -0.4 is 10.6 Å². The molecule has 21 heavy (non-hydrogen) atoms. The first kappa shape index (κ1) is 16.4. The number of hydrogen-bond donors (Lipinski definition) is 3. The van der Waals surface area contributed by atoms with Gasteiger partial charge in [0.25, 0.3) is 5.91 Å². The van der Waals surface area contributed by atoms with Crippen LogP contribution in [0.25, 0.3) is 0 Å². The number of rotatable bonds is 6. The number of nitrogens with one attached hydrogen (secondary N) is 2. The predicted octanol–water partition coefficient (Wildman–Crippen LogP) is 1.79. The second kappa shape index (κ2) is 7.84. The molecule has 0 aliphatic carbocycles. The van der Waals surface area contributed by atoms with E-state index in [0.29, 0.717) is 11.3 Å². The number of carbonyl (C=O) groups is 3. The van der Waals surface area contributed by atoms with Crippen LogP contribution in [0.15, 0.2) is 36.4 Å². The van der Waals surface area contributed by atoms with Gasteiger partial charge in [-0.05, 0) is 37.6 Å². The summed E-state index contributed by atoms with van der Waals surface area (Å²) in [4.78, 5) is 33.9. The van der Waals surface area contributed by atoms with Crippen molar-refractivity contribution in [1.82, 2.24) is 5.32 Å². The Morgan fingerprint density at radius 2 is 1.86 bits per heavy atom. The minimum absolute atomic E-state index is 0.204. The van der Waals surface area contributed by atoms with Crippen molar-refractivity contribution in [3.8, 4) is 0 Å². The van der Waals surface area contributed by atoms with Gasteiger partial charge in [-0.3, -0.25) is 9.59 Å². The Kier molecular flexibility index (Phi) is 6.13. The van der Waals surface area contributed by atoms with Crippen molar-refractivity contribution in [3.63, 3.8) is 0 Å². The molecule has 0 heterocycles. The molecular formula is C15H18N2O4. The first-order chi connectivity index (χ1) is 9.93. The summed E-state index contributed by atoms with van der Waals surface area (Å²) in [6.45, 7) is 3.17. The highest BCUT2D eigenvalue weighted by Gasteiger charge is 2.19. The quantitative estimate of drug-likeness (QED) is 0.696. The van der Waals surface area contributed by atoms with Gasteiger partial charge in [-0.25, -0.2) is 4.79 Å². The standard InChI is InChI=1S/C15H18N2O4/c1-3-4-5-13(15(20)21)17-14(19)11-6-8-12(9-7-11)16-10(2)18/h3-4,6-9,13H,5H2,1-2H3,(H,16,18)(H,17,19)(H,20,21)/b4-3+. The Morgan fingerprint density at radius 3 is 2.33 bits per heavy atom. The van der Waals surface area contributed by atoms with E-state index in [9.17, 15) is 14.4 Å². The van der Waals surface area contributed by atoms with Gasteiger partial charge in [0.2, 0.25) is 5.91 Å². The van der Waals surface area contributed by atoms with E-state index in [1.54, 1.807) is 31.2 Å². The second-order valence-electron chi connectivity index (χ2n) is 4.43.